The summed E-state index contributed by atoms with van der Waals surface area (Å²) in [5, 5.41) is 0. The predicted molar refractivity (Wildman–Crippen MR) is 80.1 cm³/mol. The number of aryl methyl sites for hydroxylation is 2. The molecule has 0 bridgehead atoms. The van der Waals surface area contributed by atoms with Gasteiger partial charge in [0, 0.05) is 11.4 Å². The fourth-order valence-corrected chi connectivity index (χ4v) is 1.95. The van der Waals surface area contributed by atoms with Crippen LogP contribution in [0.2, 0.25) is 0 Å². The molecule has 2 aromatic carbocycles. The van der Waals surface area contributed by atoms with Crippen molar-refractivity contribution in [1.82, 2.24) is 0 Å². The molecule has 0 saturated carbocycles. The summed E-state index contributed by atoms with van der Waals surface area (Å²) in [6.45, 7) is 4.12. The van der Waals surface area contributed by atoms with Gasteiger partial charge in [0.25, 0.3) is 0 Å². The maximum absolute atomic E-state index is 5.74. The highest BCUT2D eigenvalue weighted by molar-refractivity contribution is 5.74. The van der Waals surface area contributed by atoms with Gasteiger partial charge in [0.05, 0.1) is 0 Å². The predicted octanol–water partition coefficient (Wildman–Crippen LogP) is 3.64. The van der Waals surface area contributed by atoms with Gasteiger partial charge in [-0.3, -0.25) is 0 Å². The van der Waals surface area contributed by atoms with E-state index in [4.69, 9.17) is 11.5 Å². The standard InChI is InChI=1S/C16H18N2/c1-11-9-15(17)7-5-13(11)3-4-14-6-8-16(18)10-12(14)2/h3-10H,17-18H2,1-2H3/b4-3-. The van der Waals surface area contributed by atoms with Gasteiger partial charge < -0.3 is 11.5 Å². The third-order valence-corrected chi connectivity index (χ3v) is 3.03. The summed E-state index contributed by atoms with van der Waals surface area (Å²) in [6.07, 6.45) is 4.21. The van der Waals surface area contributed by atoms with Crippen LogP contribution in [0, 0.1) is 13.8 Å². The molecule has 0 amide bonds. The lowest BCUT2D eigenvalue weighted by Crippen LogP contribution is -1.88. The Labute approximate surface area is 108 Å². The average molecular weight is 238 g/mol. The fourth-order valence-electron chi connectivity index (χ4n) is 1.95. The zero-order valence-electron chi connectivity index (χ0n) is 10.8. The van der Waals surface area contributed by atoms with Crippen molar-refractivity contribution < 1.29 is 0 Å². The van der Waals surface area contributed by atoms with Crippen molar-refractivity contribution in [2.45, 2.75) is 13.8 Å². The van der Waals surface area contributed by atoms with E-state index in [0.717, 1.165) is 11.4 Å². The largest absolute Gasteiger partial charge is 0.399 e. The van der Waals surface area contributed by atoms with E-state index in [2.05, 4.69) is 26.0 Å². The van der Waals surface area contributed by atoms with Crippen LogP contribution in [0.5, 0.6) is 0 Å². The van der Waals surface area contributed by atoms with E-state index in [9.17, 15) is 0 Å². The van der Waals surface area contributed by atoms with Crippen LogP contribution < -0.4 is 11.5 Å². The summed E-state index contributed by atoms with van der Waals surface area (Å²) >= 11 is 0. The van der Waals surface area contributed by atoms with Gasteiger partial charge in [0.15, 0.2) is 0 Å². The molecule has 2 rings (SSSR count). The summed E-state index contributed by atoms with van der Waals surface area (Å²) < 4.78 is 0. The Morgan fingerprint density at radius 2 is 1.11 bits per heavy atom. The Kier molecular flexibility index (Phi) is 3.38. The summed E-state index contributed by atoms with van der Waals surface area (Å²) in [5.74, 6) is 0. The maximum Gasteiger partial charge on any atom is 0.0317 e. The third kappa shape index (κ3) is 2.72. The third-order valence-electron chi connectivity index (χ3n) is 3.03. The van der Waals surface area contributed by atoms with Crippen LogP contribution in [0.25, 0.3) is 12.2 Å². The molecule has 92 valence electrons. The molecular weight excluding hydrogens is 220 g/mol. The van der Waals surface area contributed by atoms with Crippen molar-refractivity contribution in [3.8, 4) is 0 Å². The van der Waals surface area contributed by atoms with Crippen LogP contribution in [-0.4, -0.2) is 0 Å². The van der Waals surface area contributed by atoms with Gasteiger partial charge in [-0.2, -0.15) is 0 Å². The molecule has 0 aromatic heterocycles. The molecule has 0 heterocycles. The van der Waals surface area contributed by atoms with E-state index in [1.54, 1.807) is 0 Å². The molecule has 0 radical (unpaired) electrons. The zero-order chi connectivity index (χ0) is 13.1. The molecule has 0 saturated heterocycles. The van der Waals surface area contributed by atoms with Crippen LogP contribution in [0.1, 0.15) is 22.3 Å². The Morgan fingerprint density at radius 3 is 1.44 bits per heavy atom. The first-order valence-corrected chi connectivity index (χ1v) is 5.96. The minimum absolute atomic E-state index is 0.799. The quantitative estimate of drug-likeness (QED) is 0.620. The molecular formula is C16H18N2. The molecule has 0 aliphatic rings. The maximum atomic E-state index is 5.74. The van der Waals surface area contributed by atoms with Crippen molar-refractivity contribution in [2.24, 2.45) is 0 Å². The number of nitrogens with two attached hydrogens (primary N) is 2. The SMILES string of the molecule is Cc1cc(N)ccc1/C=C\c1ccc(N)cc1C. The molecule has 0 aliphatic heterocycles. The Bertz CT molecular complexity index is 545. The lowest BCUT2D eigenvalue weighted by atomic mass is 10.0. The second kappa shape index (κ2) is 4.96. The molecule has 0 spiro atoms. The molecule has 4 N–H and O–H groups in total. The van der Waals surface area contributed by atoms with E-state index >= 15 is 0 Å². The highest BCUT2D eigenvalue weighted by Gasteiger charge is 1.97. The topological polar surface area (TPSA) is 52.0 Å². The van der Waals surface area contributed by atoms with Crippen molar-refractivity contribution in [3.05, 3.63) is 58.7 Å². The van der Waals surface area contributed by atoms with Crippen LogP contribution in [-0.2, 0) is 0 Å². The average Bonchev–Trinajstić information content (AvgIpc) is 2.30. The number of hydrogen-bond acceptors (Lipinski definition) is 2. The van der Waals surface area contributed by atoms with Crippen molar-refractivity contribution in [2.75, 3.05) is 11.5 Å². The Morgan fingerprint density at radius 1 is 0.722 bits per heavy atom. The number of nitrogen functional groups attached to an aromatic ring is 2. The molecule has 0 unspecified atom stereocenters. The van der Waals surface area contributed by atoms with E-state index in [1.807, 2.05) is 36.4 Å². The highest BCUT2D eigenvalue weighted by Crippen LogP contribution is 2.18. The molecule has 18 heavy (non-hydrogen) atoms. The van der Waals surface area contributed by atoms with Gasteiger partial charge in [-0.1, -0.05) is 24.3 Å². The fraction of sp³-hybridized carbons (Fsp3) is 0.125. The van der Waals surface area contributed by atoms with Crippen molar-refractivity contribution >= 4 is 23.5 Å². The monoisotopic (exact) mass is 238 g/mol. The number of rotatable bonds is 2. The van der Waals surface area contributed by atoms with Gasteiger partial charge in [-0.25, -0.2) is 0 Å². The number of benzene rings is 2. The lowest BCUT2D eigenvalue weighted by molar-refractivity contribution is 1.43. The first-order valence-electron chi connectivity index (χ1n) is 5.96. The Balaban J connectivity index is 2.30. The number of hydrogen-bond donors (Lipinski definition) is 2. The second-order valence-electron chi connectivity index (χ2n) is 4.57. The van der Waals surface area contributed by atoms with Crippen LogP contribution in [0.15, 0.2) is 36.4 Å². The normalized spacial score (nSPS) is 11.0. The molecule has 0 aliphatic carbocycles. The van der Waals surface area contributed by atoms with Gasteiger partial charge in [-0.15, -0.1) is 0 Å². The van der Waals surface area contributed by atoms with Crippen LogP contribution in [0.4, 0.5) is 11.4 Å². The van der Waals surface area contributed by atoms with Crippen LogP contribution in [0.3, 0.4) is 0 Å². The van der Waals surface area contributed by atoms with Gasteiger partial charge in [0.1, 0.15) is 0 Å². The number of anilines is 2. The second-order valence-corrected chi connectivity index (χ2v) is 4.57. The van der Waals surface area contributed by atoms with E-state index in [0.29, 0.717) is 0 Å². The van der Waals surface area contributed by atoms with Crippen molar-refractivity contribution in [1.29, 1.82) is 0 Å². The van der Waals surface area contributed by atoms with Crippen LogP contribution >= 0.6 is 0 Å². The molecule has 2 heteroatoms. The van der Waals surface area contributed by atoms with Gasteiger partial charge >= 0.3 is 0 Å². The molecule has 0 fully saturated rings. The smallest absolute Gasteiger partial charge is 0.0317 e. The molecule has 2 aromatic rings. The van der Waals surface area contributed by atoms with E-state index in [-0.39, 0.29) is 0 Å². The minimum Gasteiger partial charge on any atom is -0.399 e. The first kappa shape index (κ1) is 12.2. The summed E-state index contributed by atoms with van der Waals surface area (Å²) in [4.78, 5) is 0. The summed E-state index contributed by atoms with van der Waals surface area (Å²) in [5.41, 5.74) is 17.8. The Hall–Kier alpha value is -2.22. The summed E-state index contributed by atoms with van der Waals surface area (Å²) in [7, 11) is 0. The molecule has 2 nitrogen and oxygen atoms in total. The zero-order valence-corrected chi connectivity index (χ0v) is 10.8. The first-order chi connectivity index (χ1) is 8.56. The van der Waals surface area contributed by atoms with E-state index in [1.165, 1.54) is 22.3 Å². The highest BCUT2D eigenvalue weighted by atomic mass is 14.5. The lowest BCUT2D eigenvalue weighted by Gasteiger charge is -2.04. The van der Waals surface area contributed by atoms with Gasteiger partial charge in [0.2, 0.25) is 0 Å². The van der Waals surface area contributed by atoms with E-state index < -0.39 is 0 Å². The minimum atomic E-state index is 0.799. The van der Waals surface area contributed by atoms with Crippen molar-refractivity contribution in [3.63, 3.8) is 0 Å². The molecule has 0 atom stereocenters. The van der Waals surface area contributed by atoms with Gasteiger partial charge in [-0.05, 0) is 60.4 Å². The summed E-state index contributed by atoms with van der Waals surface area (Å²) in [6, 6.07) is 11.9.